The van der Waals surface area contributed by atoms with E-state index >= 15 is 0 Å². The summed E-state index contributed by atoms with van der Waals surface area (Å²) in [6.45, 7) is 9.75. The van der Waals surface area contributed by atoms with Gasteiger partial charge in [0, 0.05) is 6.54 Å². The first-order valence-electron chi connectivity index (χ1n) is 7.49. The molecule has 0 aliphatic carbocycles. The maximum atomic E-state index is 11.5. The highest BCUT2D eigenvalue weighted by Crippen LogP contribution is 2.36. The van der Waals surface area contributed by atoms with Gasteiger partial charge in [0.05, 0.1) is 7.11 Å². The maximum absolute atomic E-state index is 11.5. The van der Waals surface area contributed by atoms with Gasteiger partial charge in [0.2, 0.25) is 0 Å². The van der Waals surface area contributed by atoms with Gasteiger partial charge in [-0.15, -0.1) is 0 Å². The average Bonchev–Trinajstić information content (AvgIpc) is 2.82. The molecule has 1 aliphatic heterocycles. The Morgan fingerprint density at radius 2 is 2.05 bits per heavy atom. The Hall–Kier alpha value is -0.610. The van der Waals surface area contributed by atoms with Gasteiger partial charge in [0.15, 0.2) is 0 Å². The smallest absolute Gasteiger partial charge is 0.325 e. The Kier molecular flexibility index (Phi) is 5.81. The van der Waals surface area contributed by atoms with Crippen LogP contribution in [0.1, 0.15) is 52.9 Å². The highest BCUT2D eigenvalue weighted by atomic mass is 16.5. The highest BCUT2D eigenvalue weighted by molar-refractivity contribution is 5.79. The van der Waals surface area contributed by atoms with E-state index in [0.717, 1.165) is 13.0 Å². The summed E-state index contributed by atoms with van der Waals surface area (Å²) in [4.78, 5) is 14.0. The molecule has 0 radical (unpaired) electrons. The number of esters is 1. The van der Waals surface area contributed by atoms with Crippen molar-refractivity contribution >= 4 is 5.97 Å². The fourth-order valence-corrected chi connectivity index (χ4v) is 3.05. The summed E-state index contributed by atoms with van der Waals surface area (Å²) in [7, 11) is 1.39. The Bertz CT molecular complexity index is 299. The third-order valence-electron chi connectivity index (χ3n) is 4.84. The number of carbonyl (C=O) groups excluding carboxylic acids is 1. The lowest BCUT2D eigenvalue weighted by Crippen LogP contribution is -2.46. The zero-order valence-corrected chi connectivity index (χ0v) is 13.0. The summed E-state index contributed by atoms with van der Waals surface area (Å²) < 4.78 is 4.73. The lowest BCUT2D eigenvalue weighted by atomic mass is 9.82. The number of ether oxygens (including phenoxy) is 1. The second-order valence-electron chi connectivity index (χ2n) is 6.25. The lowest BCUT2D eigenvalue weighted by Gasteiger charge is -2.27. The summed E-state index contributed by atoms with van der Waals surface area (Å²) in [5.41, 5.74) is 5.64. The Morgan fingerprint density at radius 1 is 1.42 bits per heavy atom. The molecule has 1 unspecified atom stereocenters. The molecule has 1 aliphatic rings. The Labute approximate surface area is 117 Å². The van der Waals surface area contributed by atoms with Crippen LogP contribution in [0.2, 0.25) is 0 Å². The van der Waals surface area contributed by atoms with Crippen LogP contribution in [0.3, 0.4) is 0 Å². The number of hydrogen-bond acceptors (Lipinski definition) is 4. The molecule has 0 spiro atoms. The summed E-state index contributed by atoms with van der Waals surface area (Å²) in [6.07, 6.45) is 5.46. The normalized spacial score (nSPS) is 22.2. The topological polar surface area (TPSA) is 55.6 Å². The third-order valence-corrected chi connectivity index (χ3v) is 4.84. The van der Waals surface area contributed by atoms with Crippen molar-refractivity contribution in [2.24, 2.45) is 11.1 Å². The van der Waals surface area contributed by atoms with E-state index in [0.29, 0.717) is 11.8 Å². The number of nitrogens with two attached hydrogens (primary N) is 1. The summed E-state index contributed by atoms with van der Waals surface area (Å²) in [6, 6.07) is 0. The Morgan fingerprint density at radius 3 is 2.53 bits per heavy atom. The molecule has 4 heteroatoms. The predicted molar refractivity (Wildman–Crippen MR) is 77.9 cm³/mol. The molecule has 4 nitrogen and oxygen atoms in total. The van der Waals surface area contributed by atoms with Crippen molar-refractivity contribution in [1.82, 2.24) is 4.90 Å². The second kappa shape index (κ2) is 6.71. The van der Waals surface area contributed by atoms with Gasteiger partial charge in [-0.3, -0.25) is 4.79 Å². The van der Waals surface area contributed by atoms with E-state index in [2.05, 4.69) is 18.7 Å². The number of rotatable bonds is 7. The SMILES string of the molecule is CCC1(CC)CCN(CCCC(C)(N)C(=O)OC)C1. The van der Waals surface area contributed by atoms with Crippen LogP contribution in [-0.4, -0.2) is 43.2 Å². The first-order chi connectivity index (χ1) is 8.89. The van der Waals surface area contributed by atoms with Gasteiger partial charge in [0.25, 0.3) is 0 Å². The molecule has 1 atom stereocenters. The van der Waals surface area contributed by atoms with Crippen LogP contribution in [0.4, 0.5) is 0 Å². The standard InChI is InChI=1S/C15H30N2O2/c1-5-15(6-2)9-11-17(12-15)10-7-8-14(3,16)13(18)19-4/h5-12,16H2,1-4H3. The number of carbonyl (C=O) groups is 1. The molecule has 2 N–H and O–H groups in total. The molecule has 0 amide bonds. The highest BCUT2D eigenvalue weighted by Gasteiger charge is 2.35. The maximum Gasteiger partial charge on any atom is 0.325 e. The summed E-state index contributed by atoms with van der Waals surface area (Å²) in [5.74, 6) is -0.314. The molecule has 1 heterocycles. The minimum Gasteiger partial charge on any atom is -0.468 e. The van der Waals surface area contributed by atoms with Crippen LogP contribution >= 0.6 is 0 Å². The van der Waals surface area contributed by atoms with E-state index in [1.165, 1.54) is 39.5 Å². The van der Waals surface area contributed by atoms with E-state index in [1.54, 1.807) is 6.92 Å². The monoisotopic (exact) mass is 270 g/mol. The minimum atomic E-state index is -0.846. The van der Waals surface area contributed by atoms with Crippen molar-refractivity contribution in [3.05, 3.63) is 0 Å². The first kappa shape index (κ1) is 16.4. The molecule has 0 aromatic carbocycles. The molecular weight excluding hydrogens is 240 g/mol. The van der Waals surface area contributed by atoms with Crippen LogP contribution < -0.4 is 5.73 Å². The third kappa shape index (κ3) is 4.18. The van der Waals surface area contributed by atoms with E-state index in [1.807, 2.05) is 0 Å². The second-order valence-corrected chi connectivity index (χ2v) is 6.25. The molecule has 0 aromatic heterocycles. The van der Waals surface area contributed by atoms with Gasteiger partial charge in [0.1, 0.15) is 5.54 Å². The van der Waals surface area contributed by atoms with Gasteiger partial charge in [-0.05, 0) is 57.5 Å². The quantitative estimate of drug-likeness (QED) is 0.720. The Balaban J connectivity index is 2.34. The van der Waals surface area contributed by atoms with Crippen molar-refractivity contribution in [3.8, 4) is 0 Å². The molecule has 19 heavy (non-hydrogen) atoms. The number of nitrogens with zero attached hydrogens (tertiary/aromatic N) is 1. The molecule has 112 valence electrons. The van der Waals surface area contributed by atoms with Gasteiger partial charge in [-0.2, -0.15) is 0 Å². The van der Waals surface area contributed by atoms with Crippen molar-refractivity contribution in [1.29, 1.82) is 0 Å². The van der Waals surface area contributed by atoms with Crippen LogP contribution in [0.25, 0.3) is 0 Å². The number of methoxy groups -OCH3 is 1. The molecule has 0 aromatic rings. The van der Waals surface area contributed by atoms with Crippen LogP contribution in [0.5, 0.6) is 0 Å². The zero-order chi connectivity index (χ0) is 14.5. The van der Waals surface area contributed by atoms with Gasteiger partial charge in [-0.25, -0.2) is 0 Å². The van der Waals surface area contributed by atoms with E-state index in [-0.39, 0.29) is 5.97 Å². The minimum absolute atomic E-state index is 0.314. The molecule has 1 rings (SSSR count). The molecule has 0 bridgehead atoms. The van der Waals surface area contributed by atoms with Gasteiger partial charge in [-0.1, -0.05) is 13.8 Å². The number of likely N-dealkylation sites (tertiary alicyclic amines) is 1. The predicted octanol–water partition coefficient (Wildman–Crippen LogP) is 2.17. The fraction of sp³-hybridized carbons (Fsp3) is 0.933. The molecule has 0 saturated carbocycles. The van der Waals surface area contributed by atoms with Gasteiger partial charge < -0.3 is 15.4 Å². The van der Waals surface area contributed by atoms with Crippen molar-refractivity contribution in [2.45, 2.75) is 58.4 Å². The van der Waals surface area contributed by atoms with Crippen molar-refractivity contribution < 1.29 is 9.53 Å². The van der Waals surface area contributed by atoms with Crippen molar-refractivity contribution in [2.75, 3.05) is 26.7 Å². The van der Waals surface area contributed by atoms with Crippen molar-refractivity contribution in [3.63, 3.8) is 0 Å². The zero-order valence-electron chi connectivity index (χ0n) is 13.0. The molecule has 1 saturated heterocycles. The van der Waals surface area contributed by atoms with E-state index < -0.39 is 5.54 Å². The van der Waals surface area contributed by atoms with Gasteiger partial charge >= 0.3 is 5.97 Å². The van der Waals surface area contributed by atoms with Crippen LogP contribution in [0, 0.1) is 5.41 Å². The summed E-state index contributed by atoms with van der Waals surface area (Å²) >= 11 is 0. The van der Waals surface area contributed by atoms with Crippen LogP contribution in [0.15, 0.2) is 0 Å². The number of hydrogen-bond donors (Lipinski definition) is 1. The fourth-order valence-electron chi connectivity index (χ4n) is 3.05. The van der Waals surface area contributed by atoms with E-state index in [9.17, 15) is 4.79 Å². The first-order valence-corrected chi connectivity index (χ1v) is 7.49. The molecular formula is C15H30N2O2. The lowest BCUT2D eigenvalue weighted by molar-refractivity contribution is -0.146. The average molecular weight is 270 g/mol. The summed E-state index contributed by atoms with van der Waals surface area (Å²) in [5, 5.41) is 0. The van der Waals surface area contributed by atoms with E-state index in [4.69, 9.17) is 10.5 Å². The van der Waals surface area contributed by atoms with Crippen LogP contribution in [-0.2, 0) is 9.53 Å². The molecule has 1 fully saturated rings. The largest absolute Gasteiger partial charge is 0.468 e.